The molecule has 2 fully saturated rings. The Kier molecular flexibility index (Phi) is 5.75. The van der Waals surface area contributed by atoms with Crippen molar-refractivity contribution in [2.45, 2.75) is 64.6 Å². The van der Waals surface area contributed by atoms with E-state index < -0.39 is 0 Å². The number of anilines is 1. The van der Waals surface area contributed by atoms with Crippen LogP contribution in [0.3, 0.4) is 0 Å². The highest BCUT2D eigenvalue weighted by molar-refractivity contribution is 5.61. The molecule has 3 aliphatic heterocycles. The summed E-state index contributed by atoms with van der Waals surface area (Å²) in [6, 6.07) is 2.39. The number of hydrogen-bond donors (Lipinski definition) is 0. The van der Waals surface area contributed by atoms with Crippen LogP contribution in [0.25, 0.3) is 0 Å². The Balaban J connectivity index is 1.61. The summed E-state index contributed by atoms with van der Waals surface area (Å²) in [5, 5.41) is 9.91. The number of nitrogens with zero attached hydrogens (tertiary/aromatic N) is 4. The number of rotatable bonds is 5. The Morgan fingerprint density at radius 2 is 1.79 bits per heavy atom. The van der Waals surface area contributed by atoms with E-state index in [1.165, 1.54) is 32.1 Å². The Labute approximate surface area is 168 Å². The van der Waals surface area contributed by atoms with Crippen LogP contribution in [0.1, 0.15) is 62.6 Å². The van der Waals surface area contributed by atoms with E-state index >= 15 is 0 Å². The molecule has 0 atom stereocenters. The molecule has 3 aliphatic rings. The third kappa shape index (κ3) is 4.11. The minimum atomic E-state index is -0.271. The van der Waals surface area contributed by atoms with Crippen molar-refractivity contribution in [3.05, 3.63) is 16.7 Å². The number of pyridine rings is 1. The Hall–Kier alpha value is -1.84. The van der Waals surface area contributed by atoms with Crippen molar-refractivity contribution in [3.8, 4) is 11.9 Å². The van der Waals surface area contributed by atoms with Gasteiger partial charge in [0.05, 0.1) is 12.2 Å². The highest BCUT2D eigenvalue weighted by Gasteiger charge is 2.34. The highest BCUT2D eigenvalue weighted by atomic mass is 16.5. The standard InChI is InChI=1S/C22H32N4O2/c1-22(2)14-17-18(15-23)21(27-13-12-25-8-4-3-5-9-25)24-20(19(17)16-28-22)26-10-6-7-11-26/h3-14,16H2,1-2H3. The molecule has 6 heteroatoms. The van der Waals surface area contributed by atoms with Crippen molar-refractivity contribution in [1.82, 2.24) is 9.88 Å². The van der Waals surface area contributed by atoms with Crippen molar-refractivity contribution in [3.63, 3.8) is 0 Å². The normalized spacial score (nSPS) is 22.0. The van der Waals surface area contributed by atoms with Gasteiger partial charge in [-0.1, -0.05) is 6.42 Å². The monoisotopic (exact) mass is 384 g/mol. The van der Waals surface area contributed by atoms with Gasteiger partial charge >= 0.3 is 0 Å². The molecular formula is C22H32N4O2. The fourth-order valence-corrected chi connectivity index (χ4v) is 4.59. The van der Waals surface area contributed by atoms with Crippen LogP contribution >= 0.6 is 0 Å². The van der Waals surface area contributed by atoms with E-state index in [-0.39, 0.29) is 5.60 Å². The van der Waals surface area contributed by atoms with E-state index in [0.29, 0.717) is 24.7 Å². The second kappa shape index (κ2) is 8.26. The molecular weight excluding hydrogens is 352 g/mol. The number of nitriles is 1. The molecule has 1 aromatic heterocycles. The average molecular weight is 385 g/mol. The SMILES string of the molecule is CC1(C)Cc2c(C#N)c(OCCN3CCCCC3)nc(N3CCCC3)c2CO1. The number of likely N-dealkylation sites (tertiary alicyclic amines) is 1. The lowest BCUT2D eigenvalue weighted by Gasteiger charge is -2.35. The zero-order valence-corrected chi connectivity index (χ0v) is 17.3. The maximum absolute atomic E-state index is 9.91. The van der Waals surface area contributed by atoms with Crippen molar-refractivity contribution >= 4 is 5.82 Å². The molecule has 0 unspecified atom stereocenters. The number of hydrogen-bond acceptors (Lipinski definition) is 6. The summed E-state index contributed by atoms with van der Waals surface area (Å²) < 4.78 is 12.2. The van der Waals surface area contributed by atoms with E-state index in [2.05, 4.69) is 29.7 Å². The lowest BCUT2D eigenvalue weighted by Crippen LogP contribution is -2.35. The van der Waals surface area contributed by atoms with Gasteiger partial charge in [0.2, 0.25) is 5.88 Å². The summed E-state index contributed by atoms with van der Waals surface area (Å²) in [5.41, 5.74) is 2.49. The second-order valence-electron chi connectivity index (χ2n) is 8.85. The van der Waals surface area contributed by atoms with Crippen LogP contribution in [0.4, 0.5) is 5.82 Å². The predicted octanol–water partition coefficient (Wildman–Crippen LogP) is 3.27. The van der Waals surface area contributed by atoms with Gasteiger partial charge in [-0.2, -0.15) is 10.2 Å². The van der Waals surface area contributed by atoms with Crippen LogP contribution in [-0.4, -0.2) is 54.8 Å². The van der Waals surface area contributed by atoms with Gasteiger partial charge in [-0.25, -0.2) is 0 Å². The molecule has 4 rings (SSSR count). The van der Waals surface area contributed by atoms with Gasteiger partial charge in [-0.15, -0.1) is 0 Å². The topological polar surface area (TPSA) is 61.6 Å². The van der Waals surface area contributed by atoms with Crippen LogP contribution in [0.15, 0.2) is 0 Å². The number of ether oxygens (including phenoxy) is 2. The van der Waals surface area contributed by atoms with Gasteiger partial charge in [0.15, 0.2) is 0 Å². The van der Waals surface area contributed by atoms with E-state index in [9.17, 15) is 5.26 Å². The molecule has 152 valence electrons. The average Bonchev–Trinajstić information content (AvgIpc) is 3.22. The molecule has 4 heterocycles. The number of piperidine rings is 1. The van der Waals surface area contributed by atoms with Crippen LogP contribution in [-0.2, 0) is 17.8 Å². The lowest BCUT2D eigenvalue weighted by molar-refractivity contribution is -0.0401. The summed E-state index contributed by atoms with van der Waals surface area (Å²) in [6.45, 7) is 10.5. The van der Waals surface area contributed by atoms with Crippen LogP contribution in [0.2, 0.25) is 0 Å². The van der Waals surface area contributed by atoms with Crippen molar-refractivity contribution in [2.75, 3.05) is 44.2 Å². The van der Waals surface area contributed by atoms with Gasteiger partial charge in [0.1, 0.15) is 24.1 Å². The van der Waals surface area contributed by atoms with Crippen LogP contribution in [0.5, 0.6) is 5.88 Å². The first-order valence-electron chi connectivity index (χ1n) is 10.8. The van der Waals surface area contributed by atoms with Gasteiger partial charge in [-0.3, -0.25) is 4.90 Å². The predicted molar refractivity (Wildman–Crippen MR) is 109 cm³/mol. The summed E-state index contributed by atoms with van der Waals surface area (Å²) in [5.74, 6) is 1.48. The molecule has 0 N–H and O–H groups in total. The third-order valence-electron chi connectivity index (χ3n) is 6.18. The first kappa shape index (κ1) is 19.5. The van der Waals surface area contributed by atoms with Crippen LogP contribution in [0, 0.1) is 11.3 Å². The minimum absolute atomic E-state index is 0.271. The second-order valence-corrected chi connectivity index (χ2v) is 8.85. The first-order chi connectivity index (χ1) is 13.6. The lowest BCUT2D eigenvalue weighted by atomic mass is 9.89. The zero-order chi connectivity index (χ0) is 19.6. The largest absolute Gasteiger partial charge is 0.475 e. The smallest absolute Gasteiger partial charge is 0.234 e. The molecule has 0 aromatic carbocycles. The van der Waals surface area contributed by atoms with Gasteiger partial charge < -0.3 is 14.4 Å². The van der Waals surface area contributed by atoms with Crippen molar-refractivity contribution in [2.24, 2.45) is 0 Å². The fraction of sp³-hybridized carbons (Fsp3) is 0.727. The van der Waals surface area contributed by atoms with Gasteiger partial charge in [0, 0.05) is 31.6 Å². The van der Waals surface area contributed by atoms with E-state index in [4.69, 9.17) is 14.5 Å². The Morgan fingerprint density at radius 3 is 2.50 bits per heavy atom. The number of fused-ring (bicyclic) bond motifs is 1. The minimum Gasteiger partial charge on any atom is -0.475 e. The summed E-state index contributed by atoms with van der Waals surface area (Å²) >= 11 is 0. The highest BCUT2D eigenvalue weighted by Crippen LogP contribution is 2.39. The molecule has 0 radical (unpaired) electrons. The number of aromatic nitrogens is 1. The summed E-state index contributed by atoms with van der Waals surface area (Å²) in [4.78, 5) is 9.64. The molecule has 28 heavy (non-hydrogen) atoms. The summed E-state index contributed by atoms with van der Waals surface area (Å²) in [7, 11) is 0. The Morgan fingerprint density at radius 1 is 1.07 bits per heavy atom. The first-order valence-corrected chi connectivity index (χ1v) is 10.8. The third-order valence-corrected chi connectivity index (χ3v) is 6.18. The van der Waals surface area contributed by atoms with Crippen molar-refractivity contribution in [1.29, 1.82) is 5.26 Å². The maximum Gasteiger partial charge on any atom is 0.234 e. The Bertz CT molecular complexity index is 744. The molecule has 0 bridgehead atoms. The molecule has 6 nitrogen and oxygen atoms in total. The molecule has 2 saturated heterocycles. The van der Waals surface area contributed by atoms with Gasteiger partial charge in [-0.05, 0) is 58.2 Å². The molecule has 0 saturated carbocycles. The van der Waals surface area contributed by atoms with Crippen molar-refractivity contribution < 1.29 is 9.47 Å². The summed E-state index contributed by atoms with van der Waals surface area (Å²) in [6.07, 6.45) is 6.97. The fourth-order valence-electron chi connectivity index (χ4n) is 4.59. The quantitative estimate of drug-likeness (QED) is 0.776. The molecule has 0 aliphatic carbocycles. The zero-order valence-electron chi connectivity index (χ0n) is 17.3. The molecule has 1 aromatic rings. The van der Waals surface area contributed by atoms with Crippen LogP contribution < -0.4 is 9.64 Å². The van der Waals surface area contributed by atoms with E-state index in [1.54, 1.807) is 0 Å². The molecule has 0 spiro atoms. The van der Waals surface area contributed by atoms with E-state index in [1.807, 2.05) is 0 Å². The molecule has 0 amide bonds. The van der Waals surface area contributed by atoms with Gasteiger partial charge in [0.25, 0.3) is 0 Å². The maximum atomic E-state index is 9.91. The van der Waals surface area contributed by atoms with E-state index in [0.717, 1.165) is 56.1 Å².